The topological polar surface area (TPSA) is 166 Å². The number of aromatic nitrogens is 2. The van der Waals surface area contributed by atoms with Crippen molar-refractivity contribution in [2.75, 3.05) is 40.4 Å². The predicted molar refractivity (Wildman–Crippen MR) is 204 cm³/mol. The average molecular weight is 747 g/mol. The van der Waals surface area contributed by atoms with E-state index in [9.17, 15) is 10.2 Å². The summed E-state index contributed by atoms with van der Waals surface area (Å²) in [7, 11) is -1.34. The second kappa shape index (κ2) is 16.6. The van der Waals surface area contributed by atoms with Crippen LogP contribution in [0.4, 0.5) is 0 Å². The number of aliphatic hydroxyl groups is 2. The number of fused-ring (bicyclic) bond motifs is 8. The van der Waals surface area contributed by atoms with E-state index in [0.29, 0.717) is 23.7 Å². The standard InChI is InChI=1S/2C20H24N2O2.H2O4S/c2*1-3-13-12-22-9-7-14(13)10-19(22)20(23)16-6-8-21-18-5-4-15(24-2)11-17(16)18;1-5(2,3)4/h2*3-6,8,11,13-14,19-20,23H,1,7,9-10,12H2,2H3;(H2,1,2,3,4). The molecule has 0 saturated carbocycles. The fourth-order valence-electron chi connectivity index (χ4n) is 8.89. The van der Waals surface area contributed by atoms with E-state index in [0.717, 1.165) is 83.5 Å². The van der Waals surface area contributed by atoms with Gasteiger partial charge in [0.05, 0.1) is 37.5 Å². The monoisotopic (exact) mass is 746 g/mol. The minimum absolute atomic E-state index is 0.178. The predicted octanol–water partition coefficient (Wildman–Crippen LogP) is 5.69. The lowest BCUT2D eigenvalue weighted by Gasteiger charge is -2.50. The van der Waals surface area contributed by atoms with Crippen LogP contribution >= 0.6 is 0 Å². The van der Waals surface area contributed by atoms with Crippen LogP contribution in [0.15, 0.2) is 86.2 Å². The molecule has 4 N–H and O–H groups in total. The molecular formula is C40H50N4O8S. The summed E-state index contributed by atoms with van der Waals surface area (Å²) in [6.45, 7) is 12.1. The smallest absolute Gasteiger partial charge is 0.394 e. The minimum Gasteiger partial charge on any atom is -0.497 e. The Balaban J connectivity index is 0.000000161. The molecule has 2 aromatic carbocycles. The first-order valence-corrected chi connectivity index (χ1v) is 19.5. The van der Waals surface area contributed by atoms with Gasteiger partial charge in [0.15, 0.2) is 0 Å². The molecule has 6 fully saturated rings. The molecule has 8 heterocycles. The van der Waals surface area contributed by atoms with Gasteiger partial charge in [-0.2, -0.15) is 8.42 Å². The zero-order valence-electron chi connectivity index (χ0n) is 30.2. The highest BCUT2D eigenvalue weighted by atomic mass is 32.3. The van der Waals surface area contributed by atoms with Crippen molar-refractivity contribution in [1.29, 1.82) is 0 Å². The largest absolute Gasteiger partial charge is 0.497 e. The van der Waals surface area contributed by atoms with Crippen LogP contribution in [-0.2, 0) is 10.4 Å². The van der Waals surface area contributed by atoms with Gasteiger partial charge >= 0.3 is 10.4 Å². The van der Waals surface area contributed by atoms with Gasteiger partial charge in [0.2, 0.25) is 0 Å². The van der Waals surface area contributed by atoms with Gasteiger partial charge in [-0.1, -0.05) is 12.2 Å². The molecule has 0 amide bonds. The summed E-state index contributed by atoms with van der Waals surface area (Å²) in [5, 5.41) is 24.3. The van der Waals surface area contributed by atoms with E-state index in [-0.39, 0.29) is 12.1 Å². The number of nitrogens with zero attached hydrogens (tertiary/aromatic N) is 4. The highest BCUT2D eigenvalue weighted by Gasteiger charge is 2.43. The third-order valence-electron chi connectivity index (χ3n) is 11.6. The van der Waals surface area contributed by atoms with Gasteiger partial charge in [-0.05, 0) is 122 Å². The van der Waals surface area contributed by atoms with Crippen LogP contribution in [0.5, 0.6) is 11.5 Å². The second-order valence-electron chi connectivity index (χ2n) is 14.4. The first-order valence-electron chi connectivity index (χ1n) is 18.1. The van der Waals surface area contributed by atoms with E-state index in [1.807, 2.05) is 48.5 Å². The van der Waals surface area contributed by atoms with Crippen molar-refractivity contribution < 1.29 is 37.2 Å². The molecule has 6 aliphatic heterocycles. The second-order valence-corrected chi connectivity index (χ2v) is 15.3. The maximum absolute atomic E-state index is 11.2. The summed E-state index contributed by atoms with van der Waals surface area (Å²) < 4.78 is 42.3. The van der Waals surface area contributed by atoms with E-state index < -0.39 is 22.6 Å². The van der Waals surface area contributed by atoms with Crippen LogP contribution in [-0.4, -0.2) is 100.0 Å². The number of aliphatic hydroxyl groups excluding tert-OH is 2. The van der Waals surface area contributed by atoms with Gasteiger partial charge in [0, 0.05) is 48.3 Å². The third kappa shape index (κ3) is 8.73. The van der Waals surface area contributed by atoms with Gasteiger partial charge in [0.25, 0.3) is 0 Å². The molecule has 2 aromatic heterocycles. The quantitative estimate of drug-likeness (QED) is 0.129. The molecule has 4 bridgehead atoms. The summed E-state index contributed by atoms with van der Waals surface area (Å²) in [6.07, 6.45) is 11.2. The molecule has 0 aliphatic carbocycles. The number of methoxy groups -OCH3 is 2. The molecular weight excluding hydrogens is 697 g/mol. The van der Waals surface area contributed by atoms with Crippen LogP contribution in [0.3, 0.4) is 0 Å². The molecule has 10 rings (SSSR count). The van der Waals surface area contributed by atoms with Crippen LogP contribution in [0.25, 0.3) is 21.8 Å². The first-order chi connectivity index (χ1) is 25.4. The Labute approximate surface area is 311 Å². The van der Waals surface area contributed by atoms with Crippen molar-refractivity contribution in [1.82, 2.24) is 19.8 Å². The SMILES string of the molecule is C=CC1CN2CCC1CC2C(O)c1ccnc2ccc(OC)cc12.C=CC1CN2CCC1CC2C(O)c1ccnc2ccc(OC)cc12.O=S(=O)(O)O. The highest BCUT2D eigenvalue weighted by Crippen LogP contribution is 2.43. The third-order valence-corrected chi connectivity index (χ3v) is 11.6. The van der Waals surface area contributed by atoms with Crippen molar-refractivity contribution in [3.63, 3.8) is 0 Å². The van der Waals surface area contributed by atoms with Crippen LogP contribution < -0.4 is 9.47 Å². The van der Waals surface area contributed by atoms with Crippen molar-refractivity contribution in [3.8, 4) is 11.5 Å². The van der Waals surface area contributed by atoms with Gasteiger partial charge in [-0.3, -0.25) is 28.9 Å². The number of ether oxygens (including phenoxy) is 2. The van der Waals surface area contributed by atoms with Crippen LogP contribution in [0.2, 0.25) is 0 Å². The zero-order valence-corrected chi connectivity index (χ0v) is 31.1. The molecule has 10 atom stereocenters. The Hall–Kier alpha value is -3.95. The highest BCUT2D eigenvalue weighted by molar-refractivity contribution is 7.79. The number of benzene rings is 2. The molecule has 6 saturated heterocycles. The van der Waals surface area contributed by atoms with Crippen molar-refractivity contribution in [2.45, 2.75) is 50.0 Å². The molecule has 13 heteroatoms. The average Bonchev–Trinajstić information content (AvgIpc) is 3.19. The first kappa shape index (κ1) is 38.8. The number of piperidine rings is 6. The summed E-state index contributed by atoms with van der Waals surface area (Å²) in [6, 6.07) is 15.9. The summed E-state index contributed by atoms with van der Waals surface area (Å²) in [5.41, 5.74) is 3.69. The summed E-state index contributed by atoms with van der Waals surface area (Å²) >= 11 is 0. The Morgan fingerprint density at radius 2 is 1.13 bits per heavy atom. The van der Waals surface area contributed by atoms with E-state index in [4.69, 9.17) is 27.0 Å². The van der Waals surface area contributed by atoms with Gasteiger partial charge in [0.1, 0.15) is 11.5 Å². The molecule has 6 aliphatic rings. The molecule has 53 heavy (non-hydrogen) atoms. The van der Waals surface area contributed by atoms with E-state index in [1.54, 1.807) is 26.6 Å². The maximum Gasteiger partial charge on any atom is 0.394 e. The van der Waals surface area contributed by atoms with Crippen molar-refractivity contribution in [3.05, 3.63) is 97.4 Å². The van der Waals surface area contributed by atoms with Crippen molar-refractivity contribution >= 4 is 32.2 Å². The fourth-order valence-corrected chi connectivity index (χ4v) is 8.89. The number of hydrogen-bond donors (Lipinski definition) is 4. The molecule has 0 spiro atoms. The Bertz CT molecular complexity index is 1890. The summed E-state index contributed by atoms with van der Waals surface area (Å²) in [4.78, 5) is 13.7. The van der Waals surface area contributed by atoms with Crippen LogP contribution in [0, 0.1) is 23.7 Å². The Morgan fingerprint density at radius 3 is 1.45 bits per heavy atom. The molecule has 12 nitrogen and oxygen atoms in total. The minimum atomic E-state index is -4.67. The van der Waals surface area contributed by atoms with Gasteiger partial charge in [-0.25, -0.2) is 0 Å². The fraction of sp³-hybridized carbons (Fsp3) is 0.450. The summed E-state index contributed by atoms with van der Waals surface area (Å²) in [5.74, 6) is 4.01. The van der Waals surface area contributed by atoms with Gasteiger partial charge < -0.3 is 19.7 Å². The lowest BCUT2D eigenvalue weighted by Crippen LogP contribution is -2.54. The number of pyridine rings is 2. The molecule has 4 aromatic rings. The van der Waals surface area contributed by atoms with E-state index in [1.165, 1.54) is 12.8 Å². The maximum atomic E-state index is 11.2. The molecule has 0 radical (unpaired) electrons. The van der Waals surface area contributed by atoms with Gasteiger partial charge in [-0.15, -0.1) is 13.2 Å². The normalized spacial score (nSPS) is 28.5. The number of rotatable bonds is 8. The molecule has 284 valence electrons. The Morgan fingerprint density at radius 1 is 0.736 bits per heavy atom. The van der Waals surface area contributed by atoms with Crippen LogP contribution in [0.1, 0.15) is 49.0 Å². The van der Waals surface area contributed by atoms with E-state index in [2.05, 4.69) is 45.1 Å². The number of hydrogen-bond acceptors (Lipinski definition) is 10. The van der Waals surface area contributed by atoms with E-state index >= 15 is 0 Å². The zero-order chi connectivity index (χ0) is 37.9. The Kier molecular flexibility index (Phi) is 12.1. The lowest BCUT2D eigenvalue weighted by molar-refractivity contribution is -0.0445. The lowest BCUT2D eigenvalue weighted by atomic mass is 9.73. The molecule has 10 unspecified atom stereocenters. The van der Waals surface area contributed by atoms with Crippen molar-refractivity contribution in [2.24, 2.45) is 23.7 Å².